The first kappa shape index (κ1) is 22.9. The molecule has 0 heterocycles. The summed E-state index contributed by atoms with van der Waals surface area (Å²) in [6.45, 7) is 16.4. The van der Waals surface area contributed by atoms with Gasteiger partial charge in [-0.2, -0.15) is 0 Å². The number of carbonyl (C=O) groups excluding carboxylic acids is 2. The molecule has 0 aromatic carbocycles. The molecule has 5 nitrogen and oxygen atoms in total. The molecule has 0 saturated heterocycles. The highest BCUT2D eigenvalue weighted by Gasteiger charge is 2.26. The summed E-state index contributed by atoms with van der Waals surface area (Å²) in [6.07, 6.45) is 2.51. The Bertz CT molecular complexity index is 401. The van der Waals surface area contributed by atoms with Gasteiger partial charge >= 0.3 is 0 Å². The first-order valence-corrected chi connectivity index (χ1v) is 9.07. The van der Waals surface area contributed by atoms with Crippen LogP contribution in [0, 0.1) is 5.92 Å². The fraction of sp³-hybridized carbons (Fsp3) is 0.895. The standard InChI is InChI=1S/C19H38N2O3/c1-14(2)9-10-17(23)21-18(5,6)13-24-19(7,8)12-11-16(22)20-15(3)4/h14-15H,9-13H2,1-8H3,(H,20,22)(H,21,23). The second kappa shape index (κ2) is 10.0. The molecule has 2 N–H and O–H groups in total. The molecule has 0 aromatic rings. The molecule has 0 aliphatic rings. The van der Waals surface area contributed by atoms with E-state index >= 15 is 0 Å². The minimum Gasteiger partial charge on any atom is -0.373 e. The highest BCUT2D eigenvalue weighted by molar-refractivity contribution is 5.76. The average Bonchev–Trinajstić information content (AvgIpc) is 2.40. The third kappa shape index (κ3) is 12.3. The molecular weight excluding hydrogens is 304 g/mol. The Morgan fingerprint density at radius 2 is 1.54 bits per heavy atom. The second-order valence-corrected chi connectivity index (χ2v) is 8.64. The van der Waals surface area contributed by atoms with Gasteiger partial charge in [0.2, 0.25) is 11.8 Å². The summed E-state index contributed by atoms with van der Waals surface area (Å²) in [7, 11) is 0. The Kier molecular flexibility index (Phi) is 9.56. The maximum absolute atomic E-state index is 12.0. The van der Waals surface area contributed by atoms with Crippen LogP contribution in [0.1, 0.15) is 81.1 Å². The fourth-order valence-electron chi connectivity index (χ4n) is 2.15. The maximum atomic E-state index is 12.0. The van der Waals surface area contributed by atoms with Crippen LogP contribution in [0.15, 0.2) is 0 Å². The van der Waals surface area contributed by atoms with Gasteiger partial charge in [-0.05, 0) is 60.3 Å². The van der Waals surface area contributed by atoms with Gasteiger partial charge in [0.05, 0.1) is 17.7 Å². The highest BCUT2D eigenvalue weighted by atomic mass is 16.5. The molecule has 0 unspecified atom stereocenters. The van der Waals surface area contributed by atoms with Crippen molar-refractivity contribution in [2.45, 2.75) is 98.3 Å². The van der Waals surface area contributed by atoms with E-state index in [0.29, 0.717) is 31.8 Å². The van der Waals surface area contributed by atoms with Gasteiger partial charge in [-0.25, -0.2) is 0 Å². The number of nitrogens with one attached hydrogen (secondary N) is 2. The molecule has 2 amide bonds. The molecule has 0 spiro atoms. The van der Waals surface area contributed by atoms with Crippen molar-refractivity contribution in [3.05, 3.63) is 0 Å². The smallest absolute Gasteiger partial charge is 0.220 e. The average molecular weight is 343 g/mol. The molecule has 0 aliphatic carbocycles. The van der Waals surface area contributed by atoms with Gasteiger partial charge in [-0.15, -0.1) is 0 Å². The molecule has 0 rings (SSSR count). The van der Waals surface area contributed by atoms with Crippen molar-refractivity contribution in [2.75, 3.05) is 6.61 Å². The van der Waals surface area contributed by atoms with Gasteiger partial charge in [0, 0.05) is 18.9 Å². The fourth-order valence-corrected chi connectivity index (χ4v) is 2.15. The number of amides is 2. The molecule has 0 saturated carbocycles. The van der Waals surface area contributed by atoms with Crippen molar-refractivity contribution in [3.63, 3.8) is 0 Å². The molecule has 5 heteroatoms. The molecular formula is C19H38N2O3. The lowest BCUT2D eigenvalue weighted by Gasteiger charge is -2.32. The lowest BCUT2D eigenvalue weighted by molar-refractivity contribution is -0.125. The summed E-state index contributed by atoms with van der Waals surface area (Å²) in [6, 6.07) is 0.154. The summed E-state index contributed by atoms with van der Waals surface area (Å²) in [5.41, 5.74) is -0.834. The van der Waals surface area contributed by atoms with Crippen LogP contribution in [0.3, 0.4) is 0 Å². The Labute approximate surface area is 148 Å². The lowest BCUT2D eigenvalue weighted by Crippen LogP contribution is -2.48. The first-order chi connectivity index (χ1) is 10.8. The van der Waals surface area contributed by atoms with Crippen LogP contribution >= 0.6 is 0 Å². The van der Waals surface area contributed by atoms with Crippen molar-refractivity contribution < 1.29 is 14.3 Å². The SMILES string of the molecule is CC(C)CCC(=O)NC(C)(C)COC(C)(C)CCC(=O)NC(C)C. The van der Waals surface area contributed by atoms with E-state index in [9.17, 15) is 9.59 Å². The minimum atomic E-state index is -0.425. The molecule has 0 bridgehead atoms. The number of rotatable bonds is 11. The van der Waals surface area contributed by atoms with Gasteiger partial charge in [0.15, 0.2) is 0 Å². The predicted molar refractivity (Wildman–Crippen MR) is 98.8 cm³/mol. The summed E-state index contributed by atoms with van der Waals surface area (Å²) in [5.74, 6) is 0.625. The van der Waals surface area contributed by atoms with Gasteiger partial charge in [0.25, 0.3) is 0 Å². The van der Waals surface area contributed by atoms with Crippen molar-refractivity contribution >= 4 is 11.8 Å². The Balaban J connectivity index is 4.26. The molecule has 24 heavy (non-hydrogen) atoms. The number of ether oxygens (including phenoxy) is 1. The highest BCUT2D eigenvalue weighted by Crippen LogP contribution is 2.19. The molecule has 0 fully saturated rings. The van der Waals surface area contributed by atoms with Crippen LogP contribution in [0.25, 0.3) is 0 Å². The minimum absolute atomic E-state index is 0.0444. The van der Waals surface area contributed by atoms with Crippen LogP contribution in [-0.4, -0.2) is 35.6 Å². The summed E-state index contributed by atoms with van der Waals surface area (Å²) >= 11 is 0. The van der Waals surface area contributed by atoms with E-state index in [1.165, 1.54) is 0 Å². The Hall–Kier alpha value is -1.10. The third-order valence-electron chi connectivity index (χ3n) is 3.65. The van der Waals surface area contributed by atoms with E-state index in [4.69, 9.17) is 4.74 Å². The molecule has 0 aromatic heterocycles. The van der Waals surface area contributed by atoms with Crippen LogP contribution in [0.2, 0.25) is 0 Å². The monoisotopic (exact) mass is 342 g/mol. The summed E-state index contributed by atoms with van der Waals surface area (Å²) < 4.78 is 5.98. The zero-order valence-corrected chi connectivity index (χ0v) is 16.9. The number of hydrogen-bond donors (Lipinski definition) is 2. The van der Waals surface area contributed by atoms with E-state index < -0.39 is 11.1 Å². The van der Waals surface area contributed by atoms with Crippen LogP contribution in [-0.2, 0) is 14.3 Å². The predicted octanol–water partition coefficient (Wildman–Crippen LogP) is 3.42. The van der Waals surface area contributed by atoms with E-state index in [2.05, 4.69) is 24.5 Å². The normalized spacial score (nSPS) is 12.6. The topological polar surface area (TPSA) is 67.4 Å². The van der Waals surface area contributed by atoms with Gasteiger partial charge in [-0.3, -0.25) is 9.59 Å². The van der Waals surface area contributed by atoms with Crippen LogP contribution in [0.5, 0.6) is 0 Å². The largest absolute Gasteiger partial charge is 0.373 e. The Morgan fingerprint density at radius 3 is 2.04 bits per heavy atom. The zero-order valence-electron chi connectivity index (χ0n) is 16.9. The van der Waals surface area contributed by atoms with Gasteiger partial charge < -0.3 is 15.4 Å². The molecule has 142 valence electrons. The van der Waals surface area contributed by atoms with Crippen molar-refractivity contribution in [2.24, 2.45) is 5.92 Å². The second-order valence-electron chi connectivity index (χ2n) is 8.64. The Morgan fingerprint density at radius 1 is 0.958 bits per heavy atom. The molecule has 0 radical (unpaired) electrons. The van der Waals surface area contributed by atoms with Crippen molar-refractivity contribution in [1.82, 2.24) is 10.6 Å². The van der Waals surface area contributed by atoms with Crippen molar-refractivity contribution in [1.29, 1.82) is 0 Å². The summed E-state index contributed by atoms with van der Waals surface area (Å²) in [5, 5.41) is 5.92. The quantitative estimate of drug-likeness (QED) is 0.604. The lowest BCUT2D eigenvalue weighted by atomic mass is 10.0. The number of hydrogen-bond acceptors (Lipinski definition) is 3. The van der Waals surface area contributed by atoms with E-state index in [0.717, 1.165) is 6.42 Å². The van der Waals surface area contributed by atoms with E-state index in [1.807, 2.05) is 41.5 Å². The molecule has 0 atom stereocenters. The van der Waals surface area contributed by atoms with Crippen LogP contribution < -0.4 is 10.6 Å². The van der Waals surface area contributed by atoms with Crippen molar-refractivity contribution in [3.8, 4) is 0 Å². The van der Waals surface area contributed by atoms with E-state index in [1.54, 1.807) is 0 Å². The van der Waals surface area contributed by atoms with Gasteiger partial charge in [-0.1, -0.05) is 13.8 Å². The molecule has 0 aliphatic heterocycles. The zero-order chi connectivity index (χ0) is 19.0. The maximum Gasteiger partial charge on any atom is 0.220 e. The third-order valence-corrected chi connectivity index (χ3v) is 3.65. The van der Waals surface area contributed by atoms with Gasteiger partial charge in [0.1, 0.15) is 0 Å². The van der Waals surface area contributed by atoms with E-state index in [-0.39, 0.29) is 17.9 Å². The first-order valence-electron chi connectivity index (χ1n) is 9.07. The number of carbonyl (C=O) groups is 2. The summed E-state index contributed by atoms with van der Waals surface area (Å²) in [4.78, 5) is 23.7. The van der Waals surface area contributed by atoms with Crippen LogP contribution in [0.4, 0.5) is 0 Å².